The number of fused-ring (bicyclic) bond motifs is 1. The summed E-state index contributed by atoms with van der Waals surface area (Å²) in [5.41, 5.74) is 1.51. The molecule has 27 heavy (non-hydrogen) atoms. The molecule has 2 aromatic rings. The standard InChI is InChI=1S/C21H24N2O4/c1-27-17-9-10-18-16(12-17)8-5-11-21(18,26)14-23-20(25)19(24)22-13-15-6-3-2-4-7-15/h2-4,6-7,9-10,12,26H,5,8,11,13-14H2,1H3,(H,22,24)(H,23,25). The van der Waals surface area contributed by atoms with Crippen molar-refractivity contribution < 1.29 is 19.4 Å². The Morgan fingerprint density at radius 3 is 2.59 bits per heavy atom. The first kappa shape index (κ1) is 18.9. The Kier molecular flexibility index (Phi) is 5.76. The summed E-state index contributed by atoms with van der Waals surface area (Å²) in [5, 5.41) is 16.2. The minimum atomic E-state index is -1.19. The van der Waals surface area contributed by atoms with E-state index >= 15 is 0 Å². The Morgan fingerprint density at radius 2 is 1.85 bits per heavy atom. The van der Waals surface area contributed by atoms with Gasteiger partial charge in [-0.15, -0.1) is 0 Å². The van der Waals surface area contributed by atoms with Crippen LogP contribution in [0.1, 0.15) is 29.5 Å². The topological polar surface area (TPSA) is 87.7 Å². The normalized spacial score (nSPS) is 18.3. The number of amides is 2. The van der Waals surface area contributed by atoms with Crippen LogP contribution in [0.3, 0.4) is 0 Å². The number of hydrogen-bond acceptors (Lipinski definition) is 4. The number of methoxy groups -OCH3 is 1. The number of aliphatic hydroxyl groups is 1. The summed E-state index contributed by atoms with van der Waals surface area (Å²) in [5.74, 6) is -0.726. The van der Waals surface area contributed by atoms with Crippen molar-refractivity contribution in [2.45, 2.75) is 31.4 Å². The van der Waals surface area contributed by atoms with E-state index in [0.29, 0.717) is 6.42 Å². The Hall–Kier alpha value is -2.86. The van der Waals surface area contributed by atoms with Gasteiger partial charge in [0.2, 0.25) is 0 Å². The Morgan fingerprint density at radius 1 is 1.11 bits per heavy atom. The average molecular weight is 368 g/mol. The van der Waals surface area contributed by atoms with Crippen LogP contribution >= 0.6 is 0 Å². The minimum Gasteiger partial charge on any atom is -0.497 e. The van der Waals surface area contributed by atoms with Crippen LogP contribution in [0.4, 0.5) is 0 Å². The molecule has 6 nitrogen and oxygen atoms in total. The van der Waals surface area contributed by atoms with Gasteiger partial charge in [0.25, 0.3) is 0 Å². The molecule has 6 heteroatoms. The van der Waals surface area contributed by atoms with Gasteiger partial charge in [-0.1, -0.05) is 36.4 Å². The van der Waals surface area contributed by atoms with Gasteiger partial charge in [0.1, 0.15) is 11.4 Å². The van der Waals surface area contributed by atoms with Crippen molar-refractivity contribution >= 4 is 11.8 Å². The van der Waals surface area contributed by atoms with E-state index < -0.39 is 17.4 Å². The summed E-state index contributed by atoms with van der Waals surface area (Å²) in [4.78, 5) is 24.1. The lowest BCUT2D eigenvalue weighted by molar-refractivity contribution is -0.140. The first-order chi connectivity index (χ1) is 13.0. The number of carbonyl (C=O) groups excluding carboxylic acids is 2. The largest absolute Gasteiger partial charge is 0.497 e. The lowest BCUT2D eigenvalue weighted by atomic mass is 9.79. The summed E-state index contributed by atoms with van der Waals surface area (Å²) in [6.45, 7) is 0.268. The Bertz CT molecular complexity index is 822. The molecule has 1 atom stereocenters. The summed E-state index contributed by atoms with van der Waals surface area (Å²) >= 11 is 0. The molecular weight excluding hydrogens is 344 g/mol. The molecule has 0 saturated heterocycles. The van der Waals surface area contributed by atoms with E-state index in [1.54, 1.807) is 13.2 Å². The third kappa shape index (κ3) is 4.46. The fourth-order valence-electron chi connectivity index (χ4n) is 3.41. The highest BCUT2D eigenvalue weighted by Gasteiger charge is 2.35. The molecule has 1 aliphatic rings. The molecule has 0 aromatic heterocycles. The van der Waals surface area contributed by atoms with E-state index in [2.05, 4.69) is 10.6 Å². The molecular formula is C21H24N2O4. The van der Waals surface area contributed by atoms with E-state index in [1.807, 2.05) is 42.5 Å². The molecule has 0 heterocycles. The number of benzene rings is 2. The zero-order valence-electron chi connectivity index (χ0n) is 15.3. The number of carbonyl (C=O) groups is 2. The van der Waals surface area contributed by atoms with Gasteiger partial charge in [-0.05, 0) is 48.1 Å². The van der Waals surface area contributed by atoms with Crippen LogP contribution in [0.2, 0.25) is 0 Å². The van der Waals surface area contributed by atoms with Gasteiger partial charge in [0, 0.05) is 6.54 Å². The quantitative estimate of drug-likeness (QED) is 0.701. The monoisotopic (exact) mass is 368 g/mol. The van der Waals surface area contributed by atoms with Crippen molar-refractivity contribution in [3.63, 3.8) is 0 Å². The SMILES string of the molecule is COc1ccc2c(c1)CCCC2(O)CNC(=O)C(=O)NCc1ccccc1. The van der Waals surface area contributed by atoms with E-state index in [-0.39, 0.29) is 13.1 Å². The van der Waals surface area contributed by atoms with Crippen molar-refractivity contribution in [2.24, 2.45) is 0 Å². The third-order valence-electron chi connectivity index (χ3n) is 4.89. The molecule has 3 N–H and O–H groups in total. The van der Waals surface area contributed by atoms with Gasteiger partial charge in [0.05, 0.1) is 13.7 Å². The number of nitrogens with one attached hydrogen (secondary N) is 2. The molecule has 0 aliphatic heterocycles. The molecule has 3 rings (SSSR count). The van der Waals surface area contributed by atoms with E-state index in [0.717, 1.165) is 35.3 Å². The Balaban J connectivity index is 1.59. The zero-order valence-corrected chi connectivity index (χ0v) is 15.3. The van der Waals surface area contributed by atoms with Crippen LogP contribution in [0, 0.1) is 0 Å². The van der Waals surface area contributed by atoms with Gasteiger partial charge in [-0.25, -0.2) is 0 Å². The van der Waals surface area contributed by atoms with Crippen LogP contribution in [-0.2, 0) is 28.2 Å². The van der Waals surface area contributed by atoms with Crippen LogP contribution in [-0.4, -0.2) is 30.6 Å². The second kappa shape index (κ2) is 8.22. The molecule has 2 amide bonds. The van der Waals surface area contributed by atoms with E-state index in [1.165, 1.54) is 0 Å². The predicted octanol–water partition coefficient (Wildman–Crippen LogP) is 1.65. The second-order valence-corrected chi connectivity index (χ2v) is 6.76. The number of aryl methyl sites for hydroxylation is 1. The molecule has 0 bridgehead atoms. The molecule has 0 saturated carbocycles. The smallest absolute Gasteiger partial charge is 0.309 e. The van der Waals surface area contributed by atoms with Crippen LogP contribution < -0.4 is 15.4 Å². The van der Waals surface area contributed by atoms with Crippen LogP contribution in [0.25, 0.3) is 0 Å². The molecule has 0 fully saturated rings. The summed E-state index contributed by atoms with van der Waals surface area (Å²) < 4.78 is 5.24. The fourth-order valence-corrected chi connectivity index (χ4v) is 3.41. The summed E-state index contributed by atoms with van der Waals surface area (Å²) in [7, 11) is 1.60. The summed E-state index contributed by atoms with van der Waals surface area (Å²) in [6.07, 6.45) is 2.17. The summed E-state index contributed by atoms with van der Waals surface area (Å²) in [6, 6.07) is 14.9. The van der Waals surface area contributed by atoms with E-state index in [9.17, 15) is 14.7 Å². The third-order valence-corrected chi connectivity index (χ3v) is 4.89. The lowest BCUT2D eigenvalue weighted by Gasteiger charge is -2.34. The highest BCUT2D eigenvalue weighted by atomic mass is 16.5. The van der Waals surface area contributed by atoms with Gasteiger partial charge < -0.3 is 20.5 Å². The number of rotatable bonds is 5. The maximum atomic E-state index is 12.1. The van der Waals surface area contributed by atoms with Gasteiger partial charge in [0.15, 0.2) is 0 Å². The average Bonchev–Trinajstić information content (AvgIpc) is 2.71. The van der Waals surface area contributed by atoms with Crippen molar-refractivity contribution in [3.05, 3.63) is 65.2 Å². The molecule has 0 radical (unpaired) electrons. The number of hydrogen-bond donors (Lipinski definition) is 3. The van der Waals surface area contributed by atoms with Crippen molar-refractivity contribution in [2.75, 3.05) is 13.7 Å². The predicted molar refractivity (Wildman–Crippen MR) is 101 cm³/mol. The minimum absolute atomic E-state index is 0.0100. The number of ether oxygens (including phenoxy) is 1. The maximum absolute atomic E-state index is 12.1. The van der Waals surface area contributed by atoms with Crippen molar-refractivity contribution in [1.82, 2.24) is 10.6 Å². The van der Waals surface area contributed by atoms with Gasteiger partial charge in [-0.2, -0.15) is 0 Å². The van der Waals surface area contributed by atoms with Crippen molar-refractivity contribution in [3.8, 4) is 5.75 Å². The molecule has 0 spiro atoms. The highest BCUT2D eigenvalue weighted by Crippen LogP contribution is 2.36. The van der Waals surface area contributed by atoms with Crippen LogP contribution in [0.5, 0.6) is 5.75 Å². The molecule has 1 unspecified atom stereocenters. The Labute approximate surface area is 158 Å². The highest BCUT2D eigenvalue weighted by molar-refractivity contribution is 6.35. The lowest BCUT2D eigenvalue weighted by Crippen LogP contribution is -2.47. The first-order valence-electron chi connectivity index (χ1n) is 9.01. The van der Waals surface area contributed by atoms with Crippen molar-refractivity contribution in [1.29, 1.82) is 0 Å². The molecule has 142 valence electrons. The van der Waals surface area contributed by atoms with Gasteiger partial charge >= 0.3 is 11.8 Å². The maximum Gasteiger partial charge on any atom is 0.309 e. The fraction of sp³-hybridized carbons (Fsp3) is 0.333. The zero-order chi connectivity index (χ0) is 19.3. The second-order valence-electron chi connectivity index (χ2n) is 6.76. The molecule has 2 aromatic carbocycles. The first-order valence-corrected chi connectivity index (χ1v) is 9.01. The molecule has 1 aliphatic carbocycles. The van der Waals surface area contributed by atoms with Gasteiger partial charge in [-0.3, -0.25) is 9.59 Å². The van der Waals surface area contributed by atoms with E-state index in [4.69, 9.17) is 4.74 Å². The van der Waals surface area contributed by atoms with Crippen LogP contribution in [0.15, 0.2) is 48.5 Å².